The first-order valence-electron chi connectivity index (χ1n) is 11.0. The lowest BCUT2D eigenvalue weighted by atomic mass is 9.95. The quantitative estimate of drug-likeness (QED) is 0.369. The monoisotopic (exact) mass is 436 g/mol. The van der Waals surface area contributed by atoms with Gasteiger partial charge in [0, 0.05) is 30.2 Å². The smallest absolute Gasteiger partial charge is 0.213 e. The minimum atomic E-state index is 0.526. The fourth-order valence-corrected chi connectivity index (χ4v) is 4.58. The molecule has 1 aliphatic rings. The number of pyridine rings is 1. The number of carbonyl (C=O) groups is 1. The molecule has 162 valence electrons. The third-order valence-electron chi connectivity index (χ3n) is 6.00. The molecule has 1 saturated heterocycles. The van der Waals surface area contributed by atoms with Crippen molar-refractivity contribution in [2.75, 3.05) is 36.9 Å². The number of para-hydroxylation sites is 1. The highest BCUT2D eigenvalue weighted by Gasteiger charge is 2.13. The van der Waals surface area contributed by atoms with Crippen LogP contribution in [0.5, 0.6) is 0 Å². The molecule has 6 heteroatoms. The number of hydrogen-bond acceptors (Lipinski definition) is 4. The van der Waals surface area contributed by atoms with E-state index in [-0.39, 0.29) is 0 Å². The number of piperidine rings is 1. The van der Waals surface area contributed by atoms with Gasteiger partial charge >= 0.3 is 0 Å². The summed E-state index contributed by atoms with van der Waals surface area (Å²) in [5.74, 6) is 0.797. The van der Waals surface area contributed by atoms with E-state index in [2.05, 4.69) is 22.8 Å². The SMILES string of the molecule is CN(C=O)c1ccc(-c2cc(NCCCC3CCCNC3)c3ccccc3n2)cc1Cl. The van der Waals surface area contributed by atoms with Crippen molar-refractivity contribution in [1.29, 1.82) is 0 Å². The van der Waals surface area contributed by atoms with Gasteiger partial charge in [0.15, 0.2) is 0 Å². The summed E-state index contributed by atoms with van der Waals surface area (Å²) < 4.78 is 0. The van der Waals surface area contributed by atoms with Crippen LogP contribution in [-0.4, -0.2) is 38.1 Å². The standard InChI is InChI=1S/C25H29ClN4O/c1-30(17-31)25-11-10-19(14-21(25)26)23-15-24(20-8-2-3-9-22(20)29-23)28-13-5-7-18-6-4-12-27-16-18/h2-3,8-11,14-15,17-18,27H,4-7,12-13,16H2,1H3,(H,28,29). The molecular weight excluding hydrogens is 408 g/mol. The Morgan fingerprint density at radius 2 is 2.13 bits per heavy atom. The van der Waals surface area contributed by atoms with E-state index >= 15 is 0 Å². The second-order valence-corrected chi connectivity index (χ2v) is 8.64. The van der Waals surface area contributed by atoms with Crippen LogP contribution in [0.3, 0.4) is 0 Å². The Bertz CT molecular complexity index is 1050. The first kappa shape index (κ1) is 21.6. The highest BCUT2D eigenvalue weighted by Crippen LogP contribution is 2.33. The van der Waals surface area contributed by atoms with Gasteiger partial charge in [-0.15, -0.1) is 0 Å². The Balaban J connectivity index is 1.55. The van der Waals surface area contributed by atoms with E-state index in [4.69, 9.17) is 16.6 Å². The number of halogens is 1. The van der Waals surface area contributed by atoms with E-state index < -0.39 is 0 Å². The number of fused-ring (bicyclic) bond motifs is 1. The third kappa shape index (κ3) is 5.17. The summed E-state index contributed by atoms with van der Waals surface area (Å²) in [5, 5.41) is 8.79. The number of rotatable bonds is 8. The van der Waals surface area contributed by atoms with Crippen LogP contribution in [0.1, 0.15) is 25.7 Å². The van der Waals surface area contributed by atoms with E-state index in [9.17, 15) is 4.79 Å². The van der Waals surface area contributed by atoms with Crippen molar-refractivity contribution in [3.05, 3.63) is 53.6 Å². The molecule has 1 atom stereocenters. The van der Waals surface area contributed by atoms with Crippen LogP contribution < -0.4 is 15.5 Å². The lowest BCUT2D eigenvalue weighted by Crippen LogP contribution is -2.29. The molecule has 1 unspecified atom stereocenters. The van der Waals surface area contributed by atoms with E-state index in [1.54, 1.807) is 7.05 Å². The second kappa shape index (κ2) is 10.1. The van der Waals surface area contributed by atoms with E-state index in [1.807, 2.05) is 36.4 Å². The Morgan fingerprint density at radius 3 is 2.90 bits per heavy atom. The molecule has 1 aromatic heterocycles. The molecule has 0 spiro atoms. The zero-order valence-corrected chi connectivity index (χ0v) is 18.7. The van der Waals surface area contributed by atoms with Gasteiger partial charge in [-0.3, -0.25) is 4.79 Å². The molecular formula is C25H29ClN4O. The molecule has 1 aliphatic heterocycles. The highest BCUT2D eigenvalue weighted by atomic mass is 35.5. The maximum absolute atomic E-state index is 11.1. The zero-order chi connectivity index (χ0) is 21.6. The fourth-order valence-electron chi connectivity index (χ4n) is 4.26. The summed E-state index contributed by atoms with van der Waals surface area (Å²) in [6.07, 6.45) is 5.78. The van der Waals surface area contributed by atoms with Crippen LogP contribution in [0.15, 0.2) is 48.5 Å². The molecule has 0 aliphatic carbocycles. The van der Waals surface area contributed by atoms with Crippen molar-refractivity contribution in [2.24, 2.45) is 5.92 Å². The number of anilines is 2. The summed E-state index contributed by atoms with van der Waals surface area (Å²) in [5.41, 5.74) is 4.50. The van der Waals surface area contributed by atoms with Crippen molar-refractivity contribution in [1.82, 2.24) is 10.3 Å². The maximum atomic E-state index is 11.1. The van der Waals surface area contributed by atoms with Crippen molar-refractivity contribution in [3.63, 3.8) is 0 Å². The van der Waals surface area contributed by atoms with Gasteiger partial charge in [0.25, 0.3) is 0 Å². The maximum Gasteiger partial charge on any atom is 0.213 e. The van der Waals surface area contributed by atoms with Crippen LogP contribution in [0, 0.1) is 5.92 Å². The number of benzene rings is 2. The topological polar surface area (TPSA) is 57.3 Å². The van der Waals surface area contributed by atoms with Crippen LogP contribution in [0.2, 0.25) is 5.02 Å². The normalized spacial score (nSPS) is 16.3. The summed E-state index contributed by atoms with van der Waals surface area (Å²) in [4.78, 5) is 17.4. The van der Waals surface area contributed by atoms with Gasteiger partial charge in [-0.05, 0) is 69.0 Å². The Morgan fingerprint density at radius 1 is 1.26 bits per heavy atom. The summed E-state index contributed by atoms with van der Waals surface area (Å²) >= 11 is 6.44. The van der Waals surface area contributed by atoms with Gasteiger partial charge in [0.05, 0.1) is 21.9 Å². The number of aromatic nitrogens is 1. The molecule has 2 heterocycles. The van der Waals surface area contributed by atoms with Crippen molar-refractivity contribution < 1.29 is 4.79 Å². The number of amides is 1. The lowest BCUT2D eigenvalue weighted by molar-refractivity contribution is -0.107. The van der Waals surface area contributed by atoms with Gasteiger partial charge in [-0.1, -0.05) is 35.9 Å². The molecule has 0 saturated carbocycles. The van der Waals surface area contributed by atoms with Crippen molar-refractivity contribution >= 4 is 40.3 Å². The van der Waals surface area contributed by atoms with Gasteiger partial charge in [-0.25, -0.2) is 4.98 Å². The molecule has 2 aromatic carbocycles. The molecule has 3 aromatic rings. The molecule has 5 nitrogen and oxygen atoms in total. The van der Waals surface area contributed by atoms with Gasteiger partial charge in [0.1, 0.15) is 0 Å². The van der Waals surface area contributed by atoms with Gasteiger partial charge < -0.3 is 15.5 Å². The van der Waals surface area contributed by atoms with Crippen LogP contribution in [0.25, 0.3) is 22.2 Å². The van der Waals surface area contributed by atoms with Crippen molar-refractivity contribution in [2.45, 2.75) is 25.7 Å². The largest absolute Gasteiger partial charge is 0.384 e. The average Bonchev–Trinajstić information content (AvgIpc) is 2.81. The Labute approximate surface area is 188 Å². The predicted molar refractivity (Wildman–Crippen MR) is 130 cm³/mol. The van der Waals surface area contributed by atoms with Crippen molar-refractivity contribution in [3.8, 4) is 11.3 Å². The number of nitrogens with one attached hydrogen (secondary N) is 2. The Hall–Kier alpha value is -2.63. The Kier molecular flexibility index (Phi) is 7.05. The molecule has 0 radical (unpaired) electrons. The molecule has 2 N–H and O–H groups in total. The molecule has 31 heavy (non-hydrogen) atoms. The van der Waals surface area contributed by atoms with E-state index in [0.29, 0.717) is 10.7 Å². The van der Waals surface area contributed by atoms with E-state index in [1.165, 1.54) is 24.2 Å². The number of carbonyl (C=O) groups excluding carboxylic acids is 1. The molecule has 1 fully saturated rings. The molecule has 1 amide bonds. The third-order valence-corrected chi connectivity index (χ3v) is 6.30. The van der Waals surface area contributed by atoms with Gasteiger partial charge in [0.2, 0.25) is 6.41 Å². The fraction of sp³-hybridized carbons (Fsp3) is 0.360. The van der Waals surface area contributed by atoms with Gasteiger partial charge in [-0.2, -0.15) is 0 Å². The first-order valence-corrected chi connectivity index (χ1v) is 11.4. The van der Waals surface area contributed by atoms with Crippen LogP contribution in [0.4, 0.5) is 11.4 Å². The molecule has 0 bridgehead atoms. The second-order valence-electron chi connectivity index (χ2n) is 8.24. The number of hydrogen-bond donors (Lipinski definition) is 2. The minimum absolute atomic E-state index is 0.526. The molecule has 4 rings (SSSR count). The lowest BCUT2D eigenvalue weighted by Gasteiger charge is -2.22. The highest BCUT2D eigenvalue weighted by molar-refractivity contribution is 6.33. The van der Waals surface area contributed by atoms with Crippen LogP contribution in [-0.2, 0) is 4.79 Å². The minimum Gasteiger partial charge on any atom is -0.384 e. The summed E-state index contributed by atoms with van der Waals surface area (Å²) in [7, 11) is 1.69. The summed E-state index contributed by atoms with van der Waals surface area (Å²) in [6.45, 7) is 3.25. The van der Waals surface area contributed by atoms with E-state index in [0.717, 1.165) is 66.2 Å². The zero-order valence-electron chi connectivity index (χ0n) is 17.9. The number of nitrogens with zero attached hydrogens (tertiary/aromatic N) is 2. The predicted octanol–water partition coefficient (Wildman–Crippen LogP) is 5.34. The van der Waals surface area contributed by atoms with Crippen LogP contribution >= 0.6 is 11.6 Å². The first-order chi connectivity index (χ1) is 15.2. The summed E-state index contributed by atoms with van der Waals surface area (Å²) in [6, 6.07) is 16.0. The average molecular weight is 437 g/mol.